The maximum Gasteiger partial charge on any atom is 0.269 e. The maximum absolute atomic E-state index is 12.5. The minimum Gasteiger partial charge on any atom is -0.361 e. The Labute approximate surface area is 166 Å². The van der Waals surface area contributed by atoms with Crippen LogP contribution in [-0.4, -0.2) is 64.0 Å². The Bertz CT molecular complexity index is 744. The van der Waals surface area contributed by atoms with Crippen molar-refractivity contribution in [1.82, 2.24) is 20.5 Å². The minimum absolute atomic E-state index is 0.203. The van der Waals surface area contributed by atoms with Gasteiger partial charge in [0.2, 0.25) is 10.0 Å². The number of quaternary nitrogens is 1. The van der Waals surface area contributed by atoms with Crippen LogP contribution in [0.3, 0.4) is 0 Å². The number of carbonyl (C=O) groups excluding carboxylic acids is 1. The van der Waals surface area contributed by atoms with Crippen LogP contribution in [0.4, 0.5) is 0 Å². The van der Waals surface area contributed by atoms with E-state index in [1.165, 1.54) is 33.5 Å². The van der Waals surface area contributed by atoms with Gasteiger partial charge in [0.05, 0.1) is 25.5 Å². The molecule has 0 atom stereocenters. The molecule has 0 bridgehead atoms. The third-order valence-electron chi connectivity index (χ3n) is 4.25. The summed E-state index contributed by atoms with van der Waals surface area (Å²) >= 11 is 5.10. The summed E-state index contributed by atoms with van der Waals surface area (Å²) in [5.74, 6) is -0.387. The number of carbonyl (C=O) groups is 1. The molecule has 1 aliphatic heterocycles. The molecule has 27 heavy (non-hydrogen) atoms. The summed E-state index contributed by atoms with van der Waals surface area (Å²) in [4.78, 5) is 13.7. The normalized spacial score (nSPS) is 14.9. The fourth-order valence-corrected chi connectivity index (χ4v) is 4.40. The fourth-order valence-electron chi connectivity index (χ4n) is 2.73. The predicted molar refractivity (Wildman–Crippen MR) is 108 cm³/mol. The van der Waals surface area contributed by atoms with Gasteiger partial charge in [0.1, 0.15) is 0 Å². The van der Waals surface area contributed by atoms with E-state index in [1.807, 2.05) is 0 Å². The van der Waals surface area contributed by atoms with Crippen LogP contribution >= 0.6 is 12.2 Å². The Hall–Kier alpha value is -1.75. The number of nitrogens with zero attached hydrogens (tertiary/aromatic N) is 1. The molecule has 0 saturated carbocycles. The van der Waals surface area contributed by atoms with Crippen LogP contribution < -0.4 is 21.1 Å². The topological polar surface area (TPSA) is 95.0 Å². The number of hydrazine groups is 1. The van der Waals surface area contributed by atoms with Crippen molar-refractivity contribution >= 4 is 33.3 Å². The number of amides is 1. The molecule has 1 aromatic rings. The van der Waals surface area contributed by atoms with Gasteiger partial charge in [0, 0.05) is 31.6 Å². The van der Waals surface area contributed by atoms with Crippen molar-refractivity contribution in [2.24, 2.45) is 0 Å². The van der Waals surface area contributed by atoms with E-state index in [2.05, 4.69) is 30.3 Å². The Morgan fingerprint density at radius 3 is 2.37 bits per heavy atom. The average molecular weight is 415 g/mol. The second-order valence-electron chi connectivity index (χ2n) is 6.78. The molecule has 2 rings (SSSR count). The van der Waals surface area contributed by atoms with Crippen LogP contribution in [0, 0.1) is 0 Å². The van der Waals surface area contributed by atoms with E-state index in [-0.39, 0.29) is 10.8 Å². The van der Waals surface area contributed by atoms with Crippen molar-refractivity contribution in [2.45, 2.75) is 24.2 Å². The first-order chi connectivity index (χ1) is 12.8. The summed E-state index contributed by atoms with van der Waals surface area (Å²) in [6, 6.07) is 5.91. The summed E-state index contributed by atoms with van der Waals surface area (Å²) in [6.45, 7) is 2.84. The molecule has 1 saturated heterocycles. The molecule has 0 radical (unpaired) electrons. The first-order valence-corrected chi connectivity index (χ1v) is 10.9. The zero-order valence-electron chi connectivity index (χ0n) is 15.7. The van der Waals surface area contributed by atoms with E-state index in [1.54, 1.807) is 0 Å². The van der Waals surface area contributed by atoms with E-state index in [0.29, 0.717) is 23.8 Å². The largest absolute Gasteiger partial charge is 0.361 e. The highest BCUT2D eigenvalue weighted by molar-refractivity contribution is 7.89. The summed E-state index contributed by atoms with van der Waals surface area (Å²) in [7, 11) is 0.691. The standard InChI is InChI=1S/C17H27N5O3S2/c1-21(2)11-5-10-18-17(26)20-19-16(23)14-6-8-15(9-7-14)27(24,25)22-12-3-4-13-22/h6-9H,3-5,10-13H2,1-2H3,(H,19,23)(H2,18,20,26)/p+1. The van der Waals surface area contributed by atoms with Crippen molar-refractivity contribution < 1.29 is 18.1 Å². The molecule has 10 heteroatoms. The van der Waals surface area contributed by atoms with Crippen LogP contribution in [0.5, 0.6) is 0 Å². The first-order valence-electron chi connectivity index (χ1n) is 9.04. The fraction of sp³-hybridized carbons (Fsp3) is 0.529. The van der Waals surface area contributed by atoms with E-state index in [0.717, 1.165) is 32.4 Å². The van der Waals surface area contributed by atoms with Crippen molar-refractivity contribution in [2.75, 3.05) is 40.3 Å². The molecule has 0 aliphatic carbocycles. The molecule has 1 aromatic carbocycles. The SMILES string of the molecule is C[NH+](C)CCCNC(=S)NNC(=O)c1ccc(S(=O)(=O)N2CCCC2)cc1. The second-order valence-corrected chi connectivity index (χ2v) is 9.13. The summed E-state index contributed by atoms with van der Waals surface area (Å²) < 4.78 is 26.4. The number of sulfonamides is 1. The van der Waals surface area contributed by atoms with Crippen molar-refractivity contribution in [3.05, 3.63) is 29.8 Å². The van der Waals surface area contributed by atoms with Gasteiger partial charge in [-0.15, -0.1) is 0 Å². The Kier molecular flexibility index (Phi) is 7.96. The lowest BCUT2D eigenvalue weighted by Crippen LogP contribution is -3.05. The van der Waals surface area contributed by atoms with Crippen LogP contribution in [0.25, 0.3) is 0 Å². The molecule has 0 aromatic heterocycles. The third-order valence-corrected chi connectivity index (χ3v) is 6.41. The third kappa shape index (κ3) is 6.42. The molecule has 4 N–H and O–H groups in total. The minimum atomic E-state index is -3.47. The van der Waals surface area contributed by atoms with Crippen molar-refractivity contribution in [3.63, 3.8) is 0 Å². The van der Waals surface area contributed by atoms with Crippen molar-refractivity contribution in [1.29, 1.82) is 0 Å². The van der Waals surface area contributed by atoms with Gasteiger partial charge < -0.3 is 10.2 Å². The zero-order chi connectivity index (χ0) is 19.9. The lowest BCUT2D eigenvalue weighted by atomic mass is 10.2. The Morgan fingerprint density at radius 2 is 1.78 bits per heavy atom. The highest BCUT2D eigenvalue weighted by Crippen LogP contribution is 2.20. The number of hydrogen-bond donors (Lipinski definition) is 4. The molecule has 0 unspecified atom stereocenters. The van der Waals surface area contributed by atoms with Gasteiger partial charge in [-0.3, -0.25) is 15.6 Å². The highest BCUT2D eigenvalue weighted by Gasteiger charge is 2.27. The van der Waals surface area contributed by atoms with Crippen LogP contribution in [-0.2, 0) is 10.0 Å². The van der Waals surface area contributed by atoms with Gasteiger partial charge in [-0.25, -0.2) is 8.42 Å². The van der Waals surface area contributed by atoms with Crippen molar-refractivity contribution in [3.8, 4) is 0 Å². The lowest BCUT2D eigenvalue weighted by molar-refractivity contribution is -0.858. The molecule has 1 amide bonds. The lowest BCUT2D eigenvalue weighted by Gasteiger charge is -2.15. The van der Waals surface area contributed by atoms with E-state index < -0.39 is 10.0 Å². The number of rotatable bonds is 7. The molecular weight excluding hydrogens is 386 g/mol. The van der Waals surface area contributed by atoms with E-state index >= 15 is 0 Å². The van der Waals surface area contributed by atoms with Gasteiger partial charge >= 0.3 is 0 Å². The molecule has 1 aliphatic rings. The first kappa shape index (κ1) is 21.5. The average Bonchev–Trinajstić information content (AvgIpc) is 3.19. The summed E-state index contributed by atoms with van der Waals surface area (Å²) in [5, 5.41) is 3.35. The maximum atomic E-state index is 12.5. The number of thiocarbonyl (C=S) groups is 1. The number of hydrogen-bond acceptors (Lipinski definition) is 4. The van der Waals surface area contributed by atoms with Crippen LogP contribution in [0.1, 0.15) is 29.6 Å². The molecule has 1 fully saturated rings. The van der Waals surface area contributed by atoms with E-state index in [4.69, 9.17) is 12.2 Å². The molecule has 1 heterocycles. The van der Waals surface area contributed by atoms with Crippen LogP contribution in [0.2, 0.25) is 0 Å². The van der Waals surface area contributed by atoms with Gasteiger partial charge in [0.25, 0.3) is 5.91 Å². The quantitative estimate of drug-likeness (QED) is 0.263. The second kappa shape index (κ2) is 9.98. The zero-order valence-corrected chi connectivity index (χ0v) is 17.4. The Morgan fingerprint density at radius 1 is 1.15 bits per heavy atom. The van der Waals surface area contributed by atoms with Crippen LogP contribution in [0.15, 0.2) is 29.2 Å². The number of benzene rings is 1. The Balaban J connectivity index is 1.82. The van der Waals surface area contributed by atoms with Gasteiger partial charge in [-0.05, 0) is 49.3 Å². The smallest absolute Gasteiger partial charge is 0.269 e. The van der Waals surface area contributed by atoms with Gasteiger partial charge in [-0.1, -0.05) is 0 Å². The molecule has 0 spiro atoms. The summed E-state index contributed by atoms with van der Waals surface area (Å²) in [5.41, 5.74) is 5.50. The van der Waals surface area contributed by atoms with Gasteiger partial charge in [-0.2, -0.15) is 4.31 Å². The van der Waals surface area contributed by atoms with E-state index in [9.17, 15) is 13.2 Å². The highest BCUT2D eigenvalue weighted by atomic mass is 32.2. The molecule has 150 valence electrons. The predicted octanol–water partition coefficient (Wildman–Crippen LogP) is -0.885. The number of nitrogens with one attached hydrogen (secondary N) is 4. The molecular formula is C17H28N5O3S2+. The van der Waals surface area contributed by atoms with Gasteiger partial charge in [0.15, 0.2) is 5.11 Å². The summed E-state index contributed by atoms with van der Waals surface area (Å²) in [6.07, 6.45) is 2.73. The molecule has 8 nitrogen and oxygen atoms in total. The monoisotopic (exact) mass is 414 g/mol.